The molecular formula is C24H26FN5O2S. The fourth-order valence-corrected chi connectivity index (χ4v) is 4.65. The van der Waals surface area contributed by atoms with E-state index in [4.69, 9.17) is 0 Å². The number of hydrogen-bond donors (Lipinski definition) is 1. The quantitative estimate of drug-likeness (QED) is 0.393. The van der Waals surface area contributed by atoms with Gasteiger partial charge < -0.3 is 5.32 Å². The van der Waals surface area contributed by atoms with E-state index in [1.165, 1.54) is 23.9 Å². The second-order valence-corrected chi connectivity index (χ2v) is 9.16. The van der Waals surface area contributed by atoms with Crippen LogP contribution in [-0.2, 0) is 11.3 Å². The summed E-state index contributed by atoms with van der Waals surface area (Å²) in [6.45, 7) is 6.55. The molecule has 2 aromatic carbocycles. The molecule has 7 nitrogen and oxygen atoms in total. The fourth-order valence-electron chi connectivity index (χ4n) is 3.90. The van der Waals surface area contributed by atoms with Crippen LogP contribution in [0.5, 0.6) is 0 Å². The number of halogens is 1. The first-order valence-electron chi connectivity index (χ1n) is 10.9. The highest BCUT2D eigenvalue weighted by molar-refractivity contribution is 7.99. The van der Waals surface area contributed by atoms with Gasteiger partial charge in [0.05, 0.1) is 22.7 Å². The number of aromatic nitrogens is 4. The zero-order chi connectivity index (χ0) is 23.5. The van der Waals surface area contributed by atoms with E-state index in [-0.39, 0.29) is 35.0 Å². The van der Waals surface area contributed by atoms with Crippen LogP contribution in [0, 0.1) is 11.7 Å². The maximum absolute atomic E-state index is 13.3. The normalized spacial score (nSPS) is 12.5. The second kappa shape index (κ2) is 9.74. The summed E-state index contributed by atoms with van der Waals surface area (Å²) in [7, 11) is 0. The summed E-state index contributed by atoms with van der Waals surface area (Å²) in [5.74, 6) is 0.258. The Bertz CT molecular complexity index is 1350. The SMILES string of the molecule is CCCn1c(=O)c2ccccc2n2c(SCC(=O)NC(c3ccc(F)cc3)C(C)C)nnc12. The van der Waals surface area contributed by atoms with Crippen molar-refractivity contribution in [2.75, 3.05) is 5.75 Å². The molecule has 2 heterocycles. The van der Waals surface area contributed by atoms with Crippen molar-refractivity contribution in [2.24, 2.45) is 5.92 Å². The van der Waals surface area contributed by atoms with Gasteiger partial charge in [0.15, 0.2) is 5.16 Å². The molecule has 2 aromatic heterocycles. The standard InChI is InChI=1S/C24H26FN5O2S/c1-4-13-29-22(32)18-7-5-6-8-19(18)30-23(29)27-28-24(30)33-14-20(31)26-21(15(2)3)16-9-11-17(25)12-10-16/h5-12,15,21H,4,13-14H2,1-3H3,(H,26,31). The van der Waals surface area contributed by atoms with E-state index in [0.717, 1.165) is 12.0 Å². The van der Waals surface area contributed by atoms with Gasteiger partial charge in [-0.1, -0.05) is 56.8 Å². The molecule has 0 spiro atoms. The Balaban J connectivity index is 1.60. The number of aryl methyl sites for hydroxylation is 1. The van der Waals surface area contributed by atoms with Gasteiger partial charge >= 0.3 is 0 Å². The highest BCUT2D eigenvalue weighted by atomic mass is 32.2. The number of nitrogens with zero attached hydrogens (tertiary/aromatic N) is 4. The monoisotopic (exact) mass is 467 g/mol. The molecule has 0 aliphatic carbocycles. The van der Waals surface area contributed by atoms with Crippen LogP contribution >= 0.6 is 11.8 Å². The van der Waals surface area contributed by atoms with Crippen molar-refractivity contribution in [1.82, 2.24) is 24.5 Å². The zero-order valence-electron chi connectivity index (χ0n) is 18.8. The summed E-state index contributed by atoms with van der Waals surface area (Å²) in [6.07, 6.45) is 0.783. The molecule has 1 N–H and O–H groups in total. The zero-order valence-corrected chi connectivity index (χ0v) is 19.6. The van der Waals surface area contributed by atoms with E-state index in [1.807, 2.05) is 43.4 Å². The summed E-state index contributed by atoms with van der Waals surface area (Å²) < 4.78 is 16.8. The average molecular weight is 468 g/mol. The predicted molar refractivity (Wildman–Crippen MR) is 128 cm³/mol. The number of benzene rings is 2. The third-order valence-corrected chi connectivity index (χ3v) is 6.40. The minimum absolute atomic E-state index is 0.0966. The number of nitrogens with one attached hydrogen (secondary N) is 1. The van der Waals surface area contributed by atoms with E-state index in [2.05, 4.69) is 15.5 Å². The maximum atomic E-state index is 13.3. The molecule has 33 heavy (non-hydrogen) atoms. The first-order chi connectivity index (χ1) is 15.9. The number of hydrogen-bond acceptors (Lipinski definition) is 5. The Morgan fingerprint density at radius 2 is 1.85 bits per heavy atom. The van der Waals surface area contributed by atoms with Crippen molar-refractivity contribution in [1.29, 1.82) is 0 Å². The summed E-state index contributed by atoms with van der Waals surface area (Å²) in [5, 5.41) is 12.7. The third-order valence-electron chi connectivity index (χ3n) is 5.47. The second-order valence-electron chi connectivity index (χ2n) is 8.22. The lowest BCUT2D eigenvalue weighted by Crippen LogP contribution is -2.33. The number of thioether (sulfide) groups is 1. The Labute approximate surface area is 195 Å². The van der Waals surface area contributed by atoms with Gasteiger partial charge in [0.25, 0.3) is 5.56 Å². The molecule has 1 amide bonds. The molecule has 0 fully saturated rings. The van der Waals surface area contributed by atoms with E-state index in [0.29, 0.717) is 28.4 Å². The third kappa shape index (κ3) is 4.64. The Morgan fingerprint density at radius 3 is 2.55 bits per heavy atom. The van der Waals surface area contributed by atoms with Gasteiger partial charge in [-0.3, -0.25) is 18.6 Å². The highest BCUT2D eigenvalue weighted by Crippen LogP contribution is 2.24. The minimum Gasteiger partial charge on any atom is -0.348 e. The molecule has 172 valence electrons. The Hall–Kier alpha value is -3.20. The molecule has 0 aliphatic heterocycles. The topological polar surface area (TPSA) is 81.3 Å². The summed E-state index contributed by atoms with van der Waals surface area (Å²) in [4.78, 5) is 25.7. The molecule has 1 atom stereocenters. The molecule has 0 saturated carbocycles. The van der Waals surface area contributed by atoms with Crippen LogP contribution in [-0.4, -0.2) is 30.8 Å². The molecular weight excluding hydrogens is 441 g/mol. The number of amides is 1. The van der Waals surface area contributed by atoms with E-state index in [9.17, 15) is 14.0 Å². The molecule has 0 radical (unpaired) electrons. The van der Waals surface area contributed by atoms with Crippen molar-refractivity contribution in [3.05, 3.63) is 70.3 Å². The molecule has 0 bridgehead atoms. The van der Waals surface area contributed by atoms with Gasteiger partial charge in [-0.05, 0) is 42.2 Å². The lowest BCUT2D eigenvalue weighted by Gasteiger charge is -2.23. The van der Waals surface area contributed by atoms with Crippen LogP contribution in [0.4, 0.5) is 4.39 Å². The van der Waals surface area contributed by atoms with E-state index >= 15 is 0 Å². The lowest BCUT2D eigenvalue weighted by atomic mass is 9.96. The number of rotatable bonds is 8. The van der Waals surface area contributed by atoms with Gasteiger partial charge in [-0.25, -0.2) is 4.39 Å². The van der Waals surface area contributed by atoms with Crippen LogP contribution in [0.15, 0.2) is 58.5 Å². The molecule has 0 saturated heterocycles. The largest absolute Gasteiger partial charge is 0.348 e. The molecule has 9 heteroatoms. The van der Waals surface area contributed by atoms with Gasteiger partial charge in [0.2, 0.25) is 11.7 Å². The van der Waals surface area contributed by atoms with Crippen molar-refractivity contribution >= 4 is 34.3 Å². The van der Waals surface area contributed by atoms with Gasteiger partial charge in [0.1, 0.15) is 5.82 Å². The average Bonchev–Trinajstić information content (AvgIpc) is 3.23. The van der Waals surface area contributed by atoms with Crippen molar-refractivity contribution in [3.8, 4) is 0 Å². The van der Waals surface area contributed by atoms with E-state index in [1.54, 1.807) is 22.8 Å². The van der Waals surface area contributed by atoms with Crippen LogP contribution in [0.2, 0.25) is 0 Å². The summed E-state index contributed by atoms with van der Waals surface area (Å²) in [5.41, 5.74) is 1.47. The van der Waals surface area contributed by atoms with Crippen LogP contribution in [0.1, 0.15) is 38.8 Å². The number of carbonyl (C=O) groups is 1. The summed E-state index contributed by atoms with van der Waals surface area (Å²) >= 11 is 1.27. The van der Waals surface area contributed by atoms with Crippen LogP contribution < -0.4 is 10.9 Å². The van der Waals surface area contributed by atoms with Crippen molar-refractivity contribution in [2.45, 2.75) is 44.9 Å². The maximum Gasteiger partial charge on any atom is 0.262 e. The number of fused-ring (bicyclic) bond motifs is 3. The predicted octanol–water partition coefficient (Wildman–Crippen LogP) is 4.20. The van der Waals surface area contributed by atoms with Crippen LogP contribution in [0.3, 0.4) is 0 Å². The van der Waals surface area contributed by atoms with Gasteiger partial charge in [-0.15, -0.1) is 10.2 Å². The molecule has 1 unspecified atom stereocenters. The van der Waals surface area contributed by atoms with Crippen molar-refractivity contribution < 1.29 is 9.18 Å². The van der Waals surface area contributed by atoms with Crippen LogP contribution in [0.25, 0.3) is 16.7 Å². The fraction of sp³-hybridized carbons (Fsp3) is 0.333. The van der Waals surface area contributed by atoms with Gasteiger partial charge in [0, 0.05) is 6.54 Å². The number of para-hydroxylation sites is 1. The lowest BCUT2D eigenvalue weighted by molar-refractivity contribution is -0.119. The first kappa shape index (κ1) is 23.0. The first-order valence-corrected chi connectivity index (χ1v) is 11.9. The molecule has 4 aromatic rings. The molecule has 4 rings (SSSR count). The minimum atomic E-state index is -0.310. The van der Waals surface area contributed by atoms with E-state index < -0.39 is 0 Å². The Morgan fingerprint density at radius 1 is 1.12 bits per heavy atom. The molecule has 0 aliphatic rings. The number of carbonyl (C=O) groups excluding carboxylic acids is 1. The van der Waals surface area contributed by atoms with Gasteiger partial charge in [-0.2, -0.15) is 0 Å². The highest BCUT2D eigenvalue weighted by Gasteiger charge is 2.20. The van der Waals surface area contributed by atoms with Crippen molar-refractivity contribution in [3.63, 3.8) is 0 Å². The Kier molecular flexibility index (Phi) is 6.78. The summed E-state index contributed by atoms with van der Waals surface area (Å²) in [6, 6.07) is 13.3. The smallest absolute Gasteiger partial charge is 0.262 e.